The molecule has 0 unspecified atom stereocenters. The van der Waals surface area contributed by atoms with Gasteiger partial charge in [0.1, 0.15) is 5.82 Å². The van der Waals surface area contributed by atoms with Gasteiger partial charge in [-0.1, -0.05) is 29.8 Å². The number of halogens is 2. The molecule has 1 heterocycles. The van der Waals surface area contributed by atoms with Crippen molar-refractivity contribution in [3.05, 3.63) is 40.1 Å². The standard InChI is InChI=1S/C17H22BrFN2O/c1-13(2)12-20-7-9-21(10-8-20)17(22)6-3-14-11-15(18)4-5-16(14)19/h3-6,11,13H,7-10,12H2,1-2H3/b6-3+. The van der Waals surface area contributed by atoms with Gasteiger partial charge in [0.25, 0.3) is 0 Å². The van der Waals surface area contributed by atoms with Crippen LogP contribution in [-0.2, 0) is 4.79 Å². The zero-order chi connectivity index (χ0) is 16.1. The summed E-state index contributed by atoms with van der Waals surface area (Å²) in [4.78, 5) is 16.4. The normalized spacial score (nSPS) is 16.7. The first-order valence-corrected chi connectivity index (χ1v) is 8.39. The molecular weight excluding hydrogens is 347 g/mol. The van der Waals surface area contributed by atoms with E-state index >= 15 is 0 Å². The van der Waals surface area contributed by atoms with Gasteiger partial charge in [0, 0.05) is 48.8 Å². The van der Waals surface area contributed by atoms with Crippen LogP contribution in [0.3, 0.4) is 0 Å². The quantitative estimate of drug-likeness (QED) is 0.760. The minimum atomic E-state index is -0.325. The first-order chi connectivity index (χ1) is 10.5. The van der Waals surface area contributed by atoms with Gasteiger partial charge >= 0.3 is 0 Å². The zero-order valence-electron chi connectivity index (χ0n) is 13.1. The van der Waals surface area contributed by atoms with Crippen molar-refractivity contribution >= 4 is 27.9 Å². The minimum Gasteiger partial charge on any atom is -0.337 e. The van der Waals surface area contributed by atoms with Crippen LogP contribution in [0.5, 0.6) is 0 Å². The topological polar surface area (TPSA) is 23.6 Å². The molecule has 0 saturated carbocycles. The fraction of sp³-hybridized carbons (Fsp3) is 0.471. The number of hydrogen-bond donors (Lipinski definition) is 0. The Labute approximate surface area is 139 Å². The molecule has 0 spiro atoms. The third-order valence-electron chi connectivity index (χ3n) is 3.67. The Morgan fingerprint density at radius 2 is 2.00 bits per heavy atom. The number of benzene rings is 1. The van der Waals surface area contributed by atoms with E-state index in [-0.39, 0.29) is 11.7 Å². The van der Waals surface area contributed by atoms with Gasteiger partial charge in [0.15, 0.2) is 0 Å². The summed E-state index contributed by atoms with van der Waals surface area (Å²) >= 11 is 3.30. The fourth-order valence-corrected chi connectivity index (χ4v) is 2.95. The molecule has 0 atom stereocenters. The average molecular weight is 369 g/mol. The third kappa shape index (κ3) is 4.92. The van der Waals surface area contributed by atoms with Crippen LogP contribution in [0.25, 0.3) is 6.08 Å². The number of piperazine rings is 1. The van der Waals surface area contributed by atoms with Crippen molar-refractivity contribution in [1.29, 1.82) is 0 Å². The van der Waals surface area contributed by atoms with Crippen LogP contribution in [-0.4, -0.2) is 48.4 Å². The highest BCUT2D eigenvalue weighted by molar-refractivity contribution is 9.10. The molecule has 2 rings (SSSR count). The van der Waals surface area contributed by atoms with Gasteiger partial charge in [-0.2, -0.15) is 0 Å². The van der Waals surface area contributed by atoms with Crippen LogP contribution in [0.2, 0.25) is 0 Å². The highest BCUT2D eigenvalue weighted by Crippen LogP contribution is 2.17. The summed E-state index contributed by atoms with van der Waals surface area (Å²) in [6, 6.07) is 4.70. The molecule has 3 nitrogen and oxygen atoms in total. The maximum atomic E-state index is 13.6. The number of hydrogen-bond acceptors (Lipinski definition) is 2. The van der Waals surface area contributed by atoms with Gasteiger partial charge in [0.05, 0.1) is 0 Å². The van der Waals surface area contributed by atoms with E-state index in [9.17, 15) is 9.18 Å². The SMILES string of the molecule is CC(C)CN1CCN(C(=O)/C=C/c2cc(Br)ccc2F)CC1. The summed E-state index contributed by atoms with van der Waals surface area (Å²) < 4.78 is 14.4. The number of carbonyl (C=O) groups excluding carboxylic acids is 1. The van der Waals surface area contributed by atoms with Crippen LogP contribution in [0.15, 0.2) is 28.7 Å². The summed E-state index contributed by atoms with van der Waals surface area (Å²) in [7, 11) is 0. The Balaban J connectivity index is 1.90. The maximum Gasteiger partial charge on any atom is 0.246 e. The molecule has 1 amide bonds. The second kappa shape index (κ2) is 7.88. The van der Waals surface area contributed by atoms with Crippen molar-refractivity contribution in [3.8, 4) is 0 Å². The Morgan fingerprint density at radius 3 is 2.64 bits per heavy atom. The summed E-state index contributed by atoms with van der Waals surface area (Å²) in [5.41, 5.74) is 0.418. The van der Waals surface area contributed by atoms with Gasteiger partial charge in [-0.25, -0.2) is 4.39 Å². The zero-order valence-corrected chi connectivity index (χ0v) is 14.6. The molecule has 0 aliphatic carbocycles. The summed E-state index contributed by atoms with van der Waals surface area (Å²) in [5.74, 6) is 0.263. The molecule has 0 aromatic heterocycles. The van der Waals surface area contributed by atoms with Crippen LogP contribution in [0, 0.1) is 11.7 Å². The molecule has 22 heavy (non-hydrogen) atoms. The van der Waals surface area contributed by atoms with Gasteiger partial charge < -0.3 is 4.90 Å². The number of nitrogens with zero attached hydrogens (tertiary/aromatic N) is 2. The first-order valence-electron chi connectivity index (χ1n) is 7.60. The molecule has 1 aromatic rings. The average Bonchev–Trinajstić information content (AvgIpc) is 2.48. The molecule has 120 valence electrons. The largest absolute Gasteiger partial charge is 0.337 e. The number of carbonyl (C=O) groups is 1. The molecule has 5 heteroatoms. The molecule has 1 aromatic carbocycles. The predicted octanol–water partition coefficient (Wildman–Crippen LogP) is 3.40. The third-order valence-corrected chi connectivity index (χ3v) is 4.16. The van der Waals surface area contributed by atoms with Crippen molar-refractivity contribution < 1.29 is 9.18 Å². The van der Waals surface area contributed by atoms with E-state index < -0.39 is 0 Å². The Morgan fingerprint density at radius 1 is 1.32 bits per heavy atom. The lowest BCUT2D eigenvalue weighted by Gasteiger charge is -2.35. The molecule has 0 N–H and O–H groups in total. The number of rotatable bonds is 4. The molecule has 0 bridgehead atoms. The summed E-state index contributed by atoms with van der Waals surface area (Å²) in [6.07, 6.45) is 3.01. The Kier molecular flexibility index (Phi) is 6.15. The Hall–Kier alpha value is -1.20. The molecule has 1 aliphatic heterocycles. The Bertz CT molecular complexity index is 552. The van der Waals surface area contributed by atoms with E-state index in [1.165, 1.54) is 12.1 Å². The second-order valence-electron chi connectivity index (χ2n) is 6.02. The lowest BCUT2D eigenvalue weighted by molar-refractivity contribution is -0.127. The highest BCUT2D eigenvalue weighted by atomic mass is 79.9. The maximum absolute atomic E-state index is 13.6. The summed E-state index contributed by atoms with van der Waals surface area (Å²) in [6.45, 7) is 8.75. The molecule has 1 aliphatic rings. The number of amides is 1. The predicted molar refractivity (Wildman–Crippen MR) is 91.0 cm³/mol. The van der Waals surface area contributed by atoms with Crippen LogP contribution >= 0.6 is 15.9 Å². The van der Waals surface area contributed by atoms with E-state index in [2.05, 4.69) is 34.7 Å². The van der Waals surface area contributed by atoms with Crippen LogP contribution in [0.4, 0.5) is 4.39 Å². The molecular formula is C17H22BrFN2O. The molecule has 1 saturated heterocycles. The van der Waals surface area contributed by atoms with Crippen LogP contribution in [0.1, 0.15) is 19.4 Å². The monoisotopic (exact) mass is 368 g/mol. The van der Waals surface area contributed by atoms with Crippen molar-refractivity contribution in [2.24, 2.45) is 5.92 Å². The van der Waals surface area contributed by atoms with E-state index in [0.717, 1.165) is 37.2 Å². The lowest BCUT2D eigenvalue weighted by Crippen LogP contribution is -2.49. The highest BCUT2D eigenvalue weighted by Gasteiger charge is 2.19. The van der Waals surface area contributed by atoms with Gasteiger partial charge in [-0.05, 0) is 30.2 Å². The van der Waals surface area contributed by atoms with Crippen LogP contribution < -0.4 is 0 Å². The minimum absolute atomic E-state index is 0.0522. The van der Waals surface area contributed by atoms with E-state index in [0.29, 0.717) is 11.5 Å². The van der Waals surface area contributed by atoms with E-state index in [1.54, 1.807) is 18.2 Å². The fourth-order valence-electron chi connectivity index (χ4n) is 2.58. The van der Waals surface area contributed by atoms with Gasteiger partial charge in [-0.3, -0.25) is 9.69 Å². The lowest BCUT2D eigenvalue weighted by atomic mass is 10.2. The smallest absolute Gasteiger partial charge is 0.246 e. The summed E-state index contributed by atoms with van der Waals surface area (Å²) in [5, 5.41) is 0. The van der Waals surface area contributed by atoms with Crippen molar-refractivity contribution in [1.82, 2.24) is 9.80 Å². The molecule has 1 fully saturated rings. The molecule has 0 radical (unpaired) electrons. The van der Waals surface area contributed by atoms with E-state index in [4.69, 9.17) is 0 Å². The first kappa shape index (κ1) is 17.2. The van der Waals surface area contributed by atoms with Gasteiger partial charge in [0.2, 0.25) is 5.91 Å². The van der Waals surface area contributed by atoms with Crippen molar-refractivity contribution in [2.45, 2.75) is 13.8 Å². The van der Waals surface area contributed by atoms with Crippen molar-refractivity contribution in [2.75, 3.05) is 32.7 Å². The van der Waals surface area contributed by atoms with E-state index in [1.807, 2.05) is 4.90 Å². The van der Waals surface area contributed by atoms with Crippen molar-refractivity contribution in [3.63, 3.8) is 0 Å². The second-order valence-corrected chi connectivity index (χ2v) is 6.93. The van der Waals surface area contributed by atoms with Gasteiger partial charge in [-0.15, -0.1) is 0 Å².